The molecule has 17 nitrogen and oxygen atoms in total. The third-order valence-corrected chi connectivity index (χ3v) is 11.8. The SMILES string of the molecule is C.CCC[C@H](C)CN.CCC[C@H](C)CN1C(=O)c2ccccc2C1=O.C[C@@H](CCNC(=O)OCc1ccccc1)C(=O)O.C[C@H](CN)CCNC(=O)OCc1ccccc1.C[C@H](CO)CCNC(=O)OCc1ccccc1.[B].[H-].[Na+]. The van der Waals surface area contributed by atoms with E-state index in [0.29, 0.717) is 68.7 Å². The molecule has 4 aromatic carbocycles. The standard InChI is InChI=1S/C14H17NO2.C13H20N2O2.C13H17NO4.C13H19NO3.C6H15N.CH4.B.Na.H/c1-3-6-10(2)9-15-13(16)11-7-4-5-8-12(11)14(15)17;1-11(9-14)7-8-15-13(16)17-10-12-5-3-2-4-6-12;1-10(12(15)16)7-8-14-13(17)18-9-11-5-3-2-4-6-11;1-11(9-15)7-8-14-13(16)17-10-12-5-3-2-4-6-12;1-3-4-6(2)5-7;;;;/h4-5,7-8,10H,3,6,9H2,1-2H3;2-6,11H,7-10,14H2,1H3,(H,15,16);2-6,10H,7-9H2,1H3,(H,14,17)(H,15,16);2-6,11,15H,7-10H2,1H3,(H,14,16);6H,3-5,7H2,1-2H3;1H4;;;/q;;;;;;;+1;-1/t10-;11-;10-;11-;6-;;;;/m00000..../s1. The number of carbonyl (C=O) groups is 6. The first-order valence-electron chi connectivity index (χ1n) is 26.5. The molecule has 433 valence electrons. The molecule has 0 bridgehead atoms. The fourth-order valence-electron chi connectivity index (χ4n) is 6.80. The van der Waals surface area contributed by atoms with E-state index in [1.807, 2.05) is 97.9 Å². The van der Waals surface area contributed by atoms with Gasteiger partial charge in [0.25, 0.3) is 11.8 Å². The van der Waals surface area contributed by atoms with Gasteiger partial charge in [0.15, 0.2) is 0 Å². The van der Waals surface area contributed by atoms with Crippen LogP contribution >= 0.6 is 0 Å². The Morgan fingerprint density at radius 2 is 0.848 bits per heavy atom. The molecule has 1 heterocycles. The molecule has 0 unspecified atom stereocenters. The van der Waals surface area contributed by atoms with Gasteiger partial charge in [-0.15, -0.1) is 0 Å². The molecule has 5 atom stereocenters. The second kappa shape index (κ2) is 48.2. The van der Waals surface area contributed by atoms with E-state index in [1.54, 1.807) is 31.2 Å². The Bertz CT molecular complexity index is 2120. The first-order chi connectivity index (χ1) is 36.5. The largest absolute Gasteiger partial charge is 1.00 e. The number of aliphatic hydroxyl groups is 1. The van der Waals surface area contributed by atoms with E-state index in [9.17, 15) is 28.8 Å². The molecule has 5 amide bonds. The van der Waals surface area contributed by atoms with E-state index < -0.39 is 24.1 Å². The van der Waals surface area contributed by atoms with Crippen LogP contribution in [-0.2, 0) is 38.8 Å². The number of amides is 5. The van der Waals surface area contributed by atoms with Gasteiger partial charge in [-0.3, -0.25) is 19.3 Å². The van der Waals surface area contributed by atoms with Crippen LogP contribution in [0, 0.1) is 29.6 Å². The van der Waals surface area contributed by atoms with Gasteiger partial charge >= 0.3 is 53.8 Å². The van der Waals surface area contributed by atoms with E-state index in [4.69, 9.17) is 35.9 Å². The summed E-state index contributed by atoms with van der Waals surface area (Å²) in [7, 11) is 0. The van der Waals surface area contributed by atoms with Gasteiger partial charge in [0.2, 0.25) is 0 Å². The average Bonchev–Trinajstić information content (AvgIpc) is 3.67. The second-order valence-corrected chi connectivity index (χ2v) is 19.0. The number of aliphatic hydroxyl groups excluding tert-OH is 1. The zero-order valence-electron chi connectivity index (χ0n) is 48.6. The van der Waals surface area contributed by atoms with Crippen molar-refractivity contribution in [1.82, 2.24) is 20.9 Å². The number of nitrogens with two attached hydrogens (primary N) is 2. The number of hydrogen-bond donors (Lipinski definition) is 7. The van der Waals surface area contributed by atoms with Crippen LogP contribution in [0.1, 0.15) is 140 Å². The normalized spacial score (nSPS) is 12.5. The molecule has 79 heavy (non-hydrogen) atoms. The van der Waals surface area contributed by atoms with E-state index in [1.165, 1.54) is 17.7 Å². The minimum Gasteiger partial charge on any atom is -1.00 e. The molecule has 0 spiro atoms. The van der Waals surface area contributed by atoms with Crippen molar-refractivity contribution in [3.63, 3.8) is 0 Å². The van der Waals surface area contributed by atoms with Gasteiger partial charge < -0.3 is 53.3 Å². The van der Waals surface area contributed by atoms with Gasteiger partial charge in [0, 0.05) is 41.2 Å². The summed E-state index contributed by atoms with van der Waals surface area (Å²) in [6, 6.07) is 35.5. The van der Waals surface area contributed by atoms with Crippen LogP contribution in [0.4, 0.5) is 14.4 Å². The number of rotatable bonds is 25. The molecule has 5 rings (SSSR count). The molecular weight excluding hydrogens is 1010 g/mol. The molecule has 0 fully saturated rings. The number of carboxylic acid groups (broad SMARTS) is 1. The summed E-state index contributed by atoms with van der Waals surface area (Å²) in [5, 5.41) is 25.3. The molecule has 1 aliphatic rings. The monoisotopic (exact) mass is 1110 g/mol. The number of benzene rings is 4. The second-order valence-electron chi connectivity index (χ2n) is 19.0. The zero-order valence-corrected chi connectivity index (χ0v) is 49.6. The minimum atomic E-state index is -0.866. The quantitative estimate of drug-likeness (QED) is 0.0195. The third-order valence-electron chi connectivity index (χ3n) is 11.8. The van der Waals surface area contributed by atoms with Gasteiger partial charge in [-0.2, -0.15) is 0 Å². The maximum Gasteiger partial charge on any atom is 1.00 e. The number of nitrogens with one attached hydrogen (secondary N) is 3. The van der Waals surface area contributed by atoms with Crippen LogP contribution in [0.15, 0.2) is 115 Å². The number of nitrogens with zero attached hydrogens (tertiary/aromatic N) is 1. The van der Waals surface area contributed by atoms with Crippen molar-refractivity contribution in [2.24, 2.45) is 41.1 Å². The summed E-state index contributed by atoms with van der Waals surface area (Å²) < 4.78 is 15.1. The molecule has 19 heteroatoms. The molecule has 0 saturated heterocycles. The molecule has 9 N–H and O–H groups in total. The average molecular weight is 1110 g/mol. The Kier molecular flexibility index (Phi) is 47.2. The van der Waals surface area contributed by atoms with Gasteiger partial charge in [0.1, 0.15) is 19.8 Å². The van der Waals surface area contributed by atoms with Gasteiger partial charge in [-0.05, 0) is 97.7 Å². The van der Waals surface area contributed by atoms with Crippen molar-refractivity contribution in [2.75, 3.05) is 45.9 Å². The van der Waals surface area contributed by atoms with E-state index in [0.717, 1.165) is 54.8 Å². The van der Waals surface area contributed by atoms with E-state index >= 15 is 0 Å². The smallest absolute Gasteiger partial charge is 1.00 e. The van der Waals surface area contributed by atoms with Crippen LogP contribution in [0.25, 0.3) is 0 Å². The Morgan fingerprint density at radius 3 is 1.16 bits per heavy atom. The van der Waals surface area contributed by atoms with Crippen molar-refractivity contribution in [3.8, 4) is 0 Å². The number of aliphatic carboxylic acids is 1. The summed E-state index contributed by atoms with van der Waals surface area (Å²) in [5.74, 6) is 0.0806. The molecule has 4 aromatic rings. The number of imide groups is 1. The molecule has 0 saturated carbocycles. The van der Waals surface area contributed by atoms with Crippen LogP contribution in [0.5, 0.6) is 0 Å². The topological polar surface area (TPSA) is 262 Å². The van der Waals surface area contributed by atoms with Crippen LogP contribution in [0.2, 0.25) is 0 Å². The maximum absolute atomic E-state index is 12.1. The first-order valence-corrected chi connectivity index (χ1v) is 26.5. The summed E-state index contributed by atoms with van der Waals surface area (Å²) >= 11 is 0. The molecule has 0 aliphatic carbocycles. The molecular formula is C60H93BN6NaO11. The summed E-state index contributed by atoms with van der Waals surface area (Å²) in [6.45, 7) is 18.5. The Labute approximate surface area is 497 Å². The predicted molar refractivity (Wildman–Crippen MR) is 312 cm³/mol. The molecule has 0 aromatic heterocycles. The number of ether oxygens (including phenoxy) is 3. The maximum atomic E-state index is 12.1. The fourth-order valence-corrected chi connectivity index (χ4v) is 6.80. The predicted octanol–water partition coefficient (Wildman–Crippen LogP) is 7.32. The fraction of sp³-hybridized carbons (Fsp3) is 0.500. The van der Waals surface area contributed by atoms with E-state index in [-0.39, 0.29) is 90.5 Å². The minimum absolute atomic E-state index is 0. The third kappa shape index (κ3) is 36.9. The van der Waals surface area contributed by atoms with Crippen molar-refractivity contribution >= 4 is 44.5 Å². The van der Waals surface area contributed by atoms with E-state index in [2.05, 4.69) is 50.6 Å². The van der Waals surface area contributed by atoms with Gasteiger partial charge in [0.05, 0.1) is 17.0 Å². The zero-order chi connectivity index (χ0) is 56.5. The summed E-state index contributed by atoms with van der Waals surface area (Å²) in [5.41, 5.74) is 14.8. The Balaban J connectivity index is -0.000000455. The molecule has 3 radical (unpaired) electrons. The van der Waals surface area contributed by atoms with Crippen LogP contribution in [0.3, 0.4) is 0 Å². The van der Waals surface area contributed by atoms with Crippen molar-refractivity contribution in [2.45, 2.75) is 121 Å². The Hall–Kier alpha value is -5.76. The summed E-state index contributed by atoms with van der Waals surface area (Å²) in [4.78, 5) is 69.9. The first kappa shape index (κ1) is 77.5. The van der Waals surface area contributed by atoms with Crippen molar-refractivity contribution in [3.05, 3.63) is 143 Å². The Morgan fingerprint density at radius 1 is 0.532 bits per heavy atom. The number of hydrogen-bond acceptors (Lipinski definition) is 12. The van der Waals surface area contributed by atoms with Gasteiger partial charge in [-0.1, -0.05) is 172 Å². The number of fused-ring (bicyclic) bond motifs is 1. The molecule has 1 aliphatic heterocycles. The van der Waals surface area contributed by atoms with Crippen LogP contribution in [-0.4, -0.2) is 105 Å². The van der Waals surface area contributed by atoms with Crippen molar-refractivity contribution in [1.29, 1.82) is 0 Å². The van der Waals surface area contributed by atoms with Crippen molar-refractivity contribution < 1.29 is 84.2 Å². The number of alkyl carbamates (subject to hydrolysis) is 3. The number of carboxylic acids is 1. The van der Waals surface area contributed by atoms with Gasteiger partial charge in [-0.25, -0.2) is 14.4 Å². The van der Waals surface area contributed by atoms with Crippen LogP contribution < -0.4 is 57.0 Å². The number of carbonyl (C=O) groups excluding carboxylic acids is 5. The summed E-state index contributed by atoms with van der Waals surface area (Å²) in [6.07, 6.45) is 5.32.